The number of hydrogen-bond donors (Lipinski definition) is 1. The lowest BCUT2D eigenvalue weighted by Crippen LogP contribution is -2.42. The third-order valence-electron chi connectivity index (χ3n) is 16.3. The second-order valence-corrected chi connectivity index (χ2v) is 37.7. The van der Waals surface area contributed by atoms with Crippen molar-refractivity contribution in [2.75, 3.05) is 82.6 Å². The number of nitrogens with zero attached hydrogens (tertiary/aromatic N) is 4. The van der Waals surface area contributed by atoms with Crippen molar-refractivity contribution < 1.29 is 47.5 Å². The number of carboxylic acids is 1. The van der Waals surface area contributed by atoms with Gasteiger partial charge in [-0.3, -0.25) is 24.0 Å². The van der Waals surface area contributed by atoms with Crippen molar-refractivity contribution in [2.45, 2.75) is 140 Å². The van der Waals surface area contributed by atoms with Crippen LogP contribution in [0.3, 0.4) is 0 Å². The van der Waals surface area contributed by atoms with Crippen LogP contribution in [0.2, 0.25) is 36.3 Å². The van der Waals surface area contributed by atoms with Gasteiger partial charge in [0.15, 0.2) is 31.5 Å². The number of Topliss-reactive ketones (excluding diaryl/α,β-unsaturated/α-hetero) is 4. The number of carbonyl (C=O) groups is 7. The zero-order chi connectivity index (χ0) is 74.8. The lowest BCUT2D eigenvalue weighted by Gasteiger charge is -2.35. The molecule has 0 unspecified atom stereocenters. The van der Waals surface area contributed by atoms with Gasteiger partial charge in [0.25, 0.3) is 8.32 Å². The van der Waals surface area contributed by atoms with Crippen LogP contribution in [0, 0.1) is 17.8 Å². The number of allylic oxidation sites excluding steroid dienone is 12. The van der Waals surface area contributed by atoms with Crippen molar-refractivity contribution in [1.29, 1.82) is 0 Å². The summed E-state index contributed by atoms with van der Waals surface area (Å²) in [7, 11) is 12.0. The first-order valence-electron chi connectivity index (χ1n) is 32.7. The second-order valence-electron chi connectivity index (χ2n) is 27.7. The minimum Gasteiger partial charge on any atom is -0.516 e. The Morgan fingerprint density at radius 2 is 0.784 bits per heavy atom. The van der Waals surface area contributed by atoms with Crippen molar-refractivity contribution in [1.82, 2.24) is 0 Å². The lowest BCUT2D eigenvalue weighted by molar-refractivity contribution is -0.131. The molecule has 0 saturated carbocycles. The van der Waals surface area contributed by atoms with Gasteiger partial charge < -0.3 is 33.6 Å². The van der Waals surface area contributed by atoms with E-state index in [1.165, 1.54) is 23.8 Å². The predicted octanol–water partition coefficient (Wildman–Crippen LogP) is 19.3. The van der Waals surface area contributed by atoms with Crippen LogP contribution in [0.15, 0.2) is 191 Å². The Hall–Kier alpha value is -7.84. The van der Waals surface area contributed by atoms with Gasteiger partial charge in [0.1, 0.15) is 6.29 Å². The first-order chi connectivity index (χ1) is 44.9. The lowest BCUT2D eigenvalue weighted by atomic mass is 9.97. The van der Waals surface area contributed by atoms with E-state index in [0.29, 0.717) is 34.8 Å². The smallest absolute Gasteiger partial charge is 0.328 e. The van der Waals surface area contributed by atoms with Crippen molar-refractivity contribution in [3.63, 3.8) is 0 Å². The Labute approximate surface area is 594 Å². The van der Waals surface area contributed by atoms with Gasteiger partial charge in [0, 0.05) is 138 Å². The number of halogens is 1. The molecule has 0 heterocycles. The topological polar surface area (TPSA) is 171 Å². The number of anilines is 4. The summed E-state index contributed by atoms with van der Waals surface area (Å²) in [5, 5.41) is 8.84. The van der Waals surface area contributed by atoms with Crippen molar-refractivity contribution in [3.8, 4) is 0 Å². The molecule has 0 bridgehead atoms. The van der Waals surface area contributed by atoms with E-state index in [-0.39, 0.29) is 51.9 Å². The summed E-state index contributed by atoms with van der Waals surface area (Å²) in [6, 6.07) is 30.2. The summed E-state index contributed by atoms with van der Waals surface area (Å²) in [5.41, 5.74) is 10.8. The average molecular weight is 1430 g/mol. The first-order valence-corrected chi connectivity index (χ1v) is 39.4. The highest BCUT2D eigenvalue weighted by Gasteiger charge is 2.40. The third kappa shape index (κ3) is 34.8. The number of hydrogen-bond acceptors (Lipinski definition) is 13. The second kappa shape index (κ2) is 43.4. The number of benzene rings is 4. The maximum atomic E-state index is 12.6. The summed E-state index contributed by atoms with van der Waals surface area (Å²) in [6.07, 6.45) is 19.8. The summed E-state index contributed by atoms with van der Waals surface area (Å²) < 4.78 is 11.7. The molecule has 0 fully saturated rings. The van der Waals surface area contributed by atoms with Crippen LogP contribution in [0.25, 0.3) is 0 Å². The zero-order valence-electron chi connectivity index (χ0n) is 63.2. The van der Waals surface area contributed by atoms with Crippen LogP contribution in [0.4, 0.5) is 22.7 Å². The van der Waals surface area contributed by atoms with E-state index >= 15 is 0 Å². The van der Waals surface area contributed by atoms with Crippen LogP contribution < -0.4 is 19.6 Å². The Balaban J connectivity index is 0.00000122. The summed E-state index contributed by atoms with van der Waals surface area (Å²) in [5.74, 6) is -1.75. The van der Waals surface area contributed by atoms with Gasteiger partial charge in [0.05, 0.1) is 6.61 Å². The van der Waals surface area contributed by atoms with Crippen molar-refractivity contribution in [3.05, 3.63) is 213 Å². The van der Waals surface area contributed by atoms with E-state index in [2.05, 4.69) is 89.6 Å². The molecule has 0 spiro atoms. The fourth-order valence-corrected chi connectivity index (χ4v) is 10.0. The molecule has 1 N–H and O–H groups in total. The van der Waals surface area contributed by atoms with Gasteiger partial charge in [-0.25, -0.2) is 9.59 Å². The fraction of sp³-hybridized carbons (Fsp3) is 0.412. The molecule has 3 atom stereocenters. The number of ketones is 4. The summed E-state index contributed by atoms with van der Waals surface area (Å²) in [6.45, 7) is 37.4. The maximum absolute atomic E-state index is 12.6. The van der Waals surface area contributed by atoms with Crippen molar-refractivity contribution in [2.24, 2.45) is 17.8 Å². The van der Waals surface area contributed by atoms with E-state index in [1.807, 2.05) is 238 Å². The standard InChI is InChI=1S/C23H35NO3Si.C17H21NO3.C17H21NO2.C12H23BrOSi.C11H15NO/c1-17(10-15-21(25)27-28(8,9)23(3,4)5)16-18(2)22(26)19-11-13-20(14-12-19)24(6)7;1-12(5-10-16(19)20)11-13(2)17(21)14-6-8-15(9-7-14)18(3)4;1-13(6-5-11-19)12-14(2)17(20)15-7-9-16(10-8-15)18(3)4;1-11(10-13)8-7-9-14-15(5,6)12(2,3)4;1-4-11(13)9-5-7-10(8-6-9)12(2)3/h10-16,18H,1-9H3;5-11,13H,1-4H3,(H,19,20);5-12,14H,1-4H3;7-8,10H,9H2,1-6H3;5-8H,4H2,1-3H3/b15-10+,17-16+;10-5+,12-11+;6-5+,13-12+;8-7+,11-10+;/t18-;13-;14-;;/m111../s1. The van der Waals surface area contributed by atoms with Gasteiger partial charge in [-0.1, -0.05) is 150 Å². The van der Waals surface area contributed by atoms with Crippen LogP contribution in [0.5, 0.6) is 0 Å². The van der Waals surface area contributed by atoms with E-state index < -0.39 is 22.6 Å². The molecule has 97 heavy (non-hydrogen) atoms. The van der Waals surface area contributed by atoms with Crippen LogP contribution in [0.1, 0.15) is 145 Å². The van der Waals surface area contributed by atoms with E-state index in [9.17, 15) is 33.6 Å². The number of aldehydes is 1. The van der Waals surface area contributed by atoms with Gasteiger partial charge in [0.2, 0.25) is 0 Å². The number of carboxylic acid groups (broad SMARTS) is 1. The summed E-state index contributed by atoms with van der Waals surface area (Å²) >= 11 is 3.29. The van der Waals surface area contributed by atoms with Crippen LogP contribution in [-0.4, -0.2) is 126 Å². The molecule has 4 aromatic carbocycles. The first kappa shape index (κ1) is 89.2. The van der Waals surface area contributed by atoms with Crippen molar-refractivity contribution >= 4 is 96.7 Å². The fourth-order valence-electron chi connectivity index (χ4n) is 8.06. The quantitative estimate of drug-likeness (QED) is 0.0207. The monoisotopic (exact) mass is 1430 g/mol. The predicted molar refractivity (Wildman–Crippen MR) is 419 cm³/mol. The molecule has 0 aliphatic carbocycles. The van der Waals surface area contributed by atoms with Crippen LogP contribution >= 0.6 is 15.9 Å². The summed E-state index contributed by atoms with van der Waals surface area (Å²) in [4.78, 5) is 91.2. The molecule has 0 saturated heterocycles. The molecular weight excluding hydrogens is 1310 g/mol. The Bertz CT molecular complexity index is 3410. The van der Waals surface area contributed by atoms with Crippen LogP contribution in [-0.2, 0) is 23.2 Å². The number of aliphatic carboxylic acids is 1. The third-order valence-corrected chi connectivity index (χ3v) is 25.8. The molecule has 0 radical (unpaired) electrons. The largest absolute Gasteiger partial charge is 0.516 e. The Kier molecular flexibility index (Phi) is 39.9. The van der Waals surface area contributed by atoms with Gasteiger partial charge in [-0.2, -0.15) is 0 Å². The number of carbonyl (C=O) groups excluding carboxylic acids is 6. The van der Waals surface area contributed by atoms with E-state index in [0.717, 1.165) is 57.4 Å². The van der Waals surface area contributed by atoms with E-state index in [4.69, 9.17) is 14.0 Å². The SMILES string of the molecule is CC(/C=C/C(=O)O)=C\[C@@H](C)C(=O)c1ccc(N(C)C)cc1.CC(/C=C/C(=O)O[Si](C)(C)C(C)(C)C)=C\[C@@H](C)C(=O)c1ccc(N(C)C)cc1.CC(/C=C/C=O)=C\[C@@H](C)C(=O)c1ccc(N(C)C)cc1.CC(/C=C/CO[Si](C)(C)C(C)(C)C)=C\Br.CCC(=O)c1ccc(N(C)C)cc1. The molecule has 4 rings (SSSR count). The molecule has 0 aromatic heterocycles. The number of rotatable bonds is 26. The van der Waals surface area contributed by atoms with Gasteiger partial charge in [-0.15, -0.1) is 0 Å². The molecule has 17 heteroatoms. The normalized spacial score (nSPS) is 13.3. The minimum absolute atomic E-state index is 0.0170. The molecular formula is C80H115BrN4O10Si2. The zero-order valence-corrected chi connectivity index (χ0v) is 66.8. The van der Waals surface area contributed by atoms with Gasteiger partial charge >= 0.3 is 11.9 Å². The highest BCUT2D eigenvalue weighted by molar-refractivity contribution is 9.11. The minimum atomic E-state index is -2.12. The molecule has 0 aliphatic heterocycles. The molecule has 0 amide bonds. The molecule has 0 aliphatic rings. The highest BCUT2D eigenvalue weighted by Crippen LogP contribution is 2.37. The van der Waals surface area contributed by atoms with Gasteiger partial charge in [-0.05, 0) is 178 Å². The Morgan fingerprint density at radius 1 is 0.474 bits per heavy atom. The maximum Gasteiger partial charge on any atom is 0.328 e. The highest BCUT2D eigenvalue weighted by atomic mass is 79.9. The van der Waals surface area contributed by atoms with E-state index in [1.54, 1.807) is 32.1 Å². The molecule has 14 nitrogen and oxygen atoms in total. The molecule has 530 valence electrons. The Morgan fingerprint density at radius 3 is 1.06 bits per heavy atom. The average Bonchev–Trinajstić information content (AvgIpc) is 0.872. The molecule has 4 aromatic rings.